The number of ether oxygens (including phenoxy) is 1. The third-order valence-electron chi connectivity index (χ3n) is 9.77. The topological polar surface area (TPSA) is 73.2 Å². The number of aromatic hydroxyl groups is 1. The Balaban J connectivity index is 1.45. The van der Waals surface area contributed by atoms with Crippen molar-refractivity contribution in [1.82, 2.24) is 9.80 Å². The van der Waals surface area contributed by atoms with Crippen molar-refractivity contribution in [3.8, 4) is 23.3 Å². The van der Waals surface area contributed by atoms with E-state index in [1.807, 2.05) is 43.3 Å². The van der Waals surface area contributed by atoms with Crippen molar-refractivity contribution < 1.29 is 19.7 Å². The van der Waals surface area contributed by atoms with Gasteiger partial charge in [0.05, 0.1) is 17.1 Å². The summed E-state index contributed by atoms with van der Waals surface area (Å²) < 4.78 is 6.63. The minimum atomic E-state index is -1.05. The highest BCUT2D eigenvalue weighted by molar-refractivity contribution is 5.94. The molecule has 1 spiro atoms. The van der Waals surface area contributed by atoms with Crippen LogP contribution in [0.3, 0.4) is 0 Å². The molecule has 2 aromatic carbocycles. The number of phenols is 1. The van der Waals surface area contributed by atoms with Gasteiger partial charge >= 0.3 is 0 Å². The zero-order chi connectivity index (χ0) is 26.8. The molecule has 38 heavy (non-hydrogen) atoms. The molecular formula is C32H36N2O4. The molecule has 2 aliphatic heterocycles. The largest absolute Gasteiger partial charge is 0.504 e. The Morgan fingerprint density at radius 2 is 2.16 bits per heavy atom. The van der Waals surface area contributed by atoms with Crippen molar-refractivity contribution >= 4 is 5.91 Å². The molecule has 1 saturated carbocycles. The van der Waals surface area contributed by atoms with Crippen molar-refractivity contribution in [2.24, 2.45) is 5.92 Å². The van der Waals surface area contributed by atoms with E-state index < -0.39 is 17.1 Å². The van der Waals surface area contributed by atoms with E-state index in [2.05, 4.69) is 30.2 Å². The van der Waals surface area contributed by atoms with E-state index >= 15 is 0 Å². The maximum atomic E-state index is 13.4. The van der Waals surface area contributed by atoms with Crippen LogP contribution in [0.5, 0.6) is 11.5 Å². The number of piperidine rings is 1. The van der Waals surface area contributed by atoms with E-state index in [4.69, 9.17) is 4.74 Å². The molecule has 1 amide bonds. The molecule has 2 N–H and O–H groups in total. The quantitative estimate of drug-likeness (QED) is 0.484. The average molecular weight is 513 g/mol. The molecule has 4 aliphatic rings. The third-order valence-corrected chi connectivity index (χ3v) is 9.77. The Morgan fingerprint density at radius 1 is 1.34 bits per heavy atom. The lowest BCUT2D eigenvalue weighted by Crippen LogP contribution is -2.80. The second-order valence-corrected chi connectivity index (χ2v) is 11.5. The van der Waals surface area contributed by atoms with Crippen LogP contribution in [0.15, 0.2) is 49.1 Å². The number of amides is 1. The van der Waals surface area contributed by atoms with Crippen molar-refractivity contribution in [2.75, 3.05) is 20.1 Å². The molecule has 1 saturated heterocycles. The molecule has 6 nitrogen and oxygen atoms in total. The van der Waals surface area contributed by atoms with Crippen LogP contribution in [-0.4, -0.2) is 69.8 Å². The van der Waals surface area contributed by atoms with Crippen LogP contribution in [0.1, 0.15) is 48.4 Å². The van der Waals surface area contributed by atoms with Gasteiger partial charge in [-0.2, -0.15) is 0 Å². The highest BCUT2D eigenvalue weighted by Crippen LogP contribution is 2.67. The van der Waals surface area contributed by atoms with E-state index in [1.165, 1.54) is 0 Å². The zero-order valence-electron chi connectivity index (χ0n) is 22.4. The number of rotatable bonds is 4. The van der Waals surface area contributed by atoms with Gasteiger partial charge in [0.1, 0.15) is 6.10 Å². The van der Waals surface area contributed by atoms with Gasteiger partial charge < -0.3 is 19.8 Å². The second kappa shape index (κ2) is 8.90. The summed E-state index contributed by atoms with van der Waals surface area (Å²) in [6.45, 7) is 9.60. The molecule has 6 atom stereocenters. The van der Waals surface area contributed by atoms with Crippen LogP contribution in [-0.2, 0) is 16.6 Å². The first kappa shape index (κ1) is 25.0. The summed E-state index contributed by atoms with van der Waals surface area (Å²) >= 11 is 0. The number of aliphatic hydroxyl groups is 1. The van der Waals surface area contributed by atoms with Gasteiger partial charge in [-0.25, -0.2) is 0 Å². The number of aryl methyl sites for hydroxylation is 1. The Morgan fingerprint density at radius 3 is 2.89 bits per heavy atom. The van der Waals surface area contributed by atoms with E-state index in [0.717, 1.165) is 35.2 Å². The predicted molar refractivity (Wildman–Crippen MR) is 146 cm³/mol. The summed E-state index contributed by atoms with van der Waals surface area (Å²) in [5.41, 5.74) is 2.21. The minimum Gasteiger partial charge on any atom is -0.504 e. The number of nitrogens with zero attached hydrogens (tertiary/aromatic N) is 2. The molecule has 0 radical (unpaired) electrons. The second-order valence-electron chi connectivity index (χ2n) is 11.5. The van der Waals surface area contributed by atoms with E-state index in [-0.39, 0.29) is 29.7 Å². The molecular weight excluding hydrogens is 476 g/mol. The SMILES string of the molecule is C=CCN1CC[C@]23c4c5ccc(O)c4O[C@H]2[C@H](N(C)C(=O)C#Cc2cccc(C)c2)C[C@H](CC)[C@@]3(O)[C@H]1C5. The van der Waals surface area contributed by atoms with Crippen LogP contribution in [0.4, 0.5) is 0 Å². The van der Waals surface area contributed by atoms with Crippen LogP contribution in [0.25, 0.3) is 0 Å². The molecule has 6 rings (SSSR count). The van der Waals surface area contributed by atoms with Crippen LogP contribution >= 0.6 is 0 Å². The number of benzene rings is 2. The van der Waals surface area contributed by atoms with Gasteiger partial charge in [-0.15, -0.1) is 6.58 Å². The smallest absolute Gasteiger partial charge is 0.298 e. The number of hydrogen-bond donors (Lipinski definition) is 2. The number of likely N-dealkylation sites (tertiary alicyclic amines) is 1. The van der Waals surface area contributed by atoms with Crippen LogP contribution in [0.2, 0.25) is 0 Å². The van der Waals surface area contributed by atoms with E-state index in [1.54, 1.807) is 18.0 Å². The molecule has 2 bridgehead atoms. The first-order valence-electron chi connectivity index (χ1n) is 13.7. The maximum Gasteiger partial charge on any atom is 0.298 e. The highest BCUT2D eigenvalue weighted by Gasteiger charge is 2.75. The molecule has 6 heteroatoms. The van der Waals surface area contributed by atoms with Crippen molar-refractivity contribution in [1.29, 1.82) is 0 Å². The monoisotopic (exact) mass is 512 g/mol. The Hall–Kier alpha value is -3.27. The van der Waals surface area contributed by atoms with Gasteiger partial charge in [-0.05, 0) is 68.0 Å². The van der Waals surface area contributed by atoms with E-state index in [0.29, 0.717) is 31.6 Å². The number of carbonyl (C=O) groups excluding carboxylic acids is 1. The fourth-order valence-electron chi connectivity index (χ4n) is 8.15. The molecule has 2 aliphatic carbocycles. The van der Waals surface area contributed by atoms with Gasteiger partial charge in [0.25, 0.3) is 5.91 Å². The fourth-order valence-corrected chi connectivity index (χ4v) is 8.15. The molecule has 2 heterocycles. The van der Waals surface area contributed by atoms with Gasteiger partial charge in [0.15, 0.2) is 11.5 Å². The Kier molecular flexibility index (Phi) is 5.86. The standard InChI is InChI=1S/C32H36N2O4/c1-5-15-34-16-14-31-28-22-11-12-25(35)29(28)38-30(31)24(19-23(6-2)32(31,37)26(34)18-22)33(4)27(36)13-10-21-9-7-8-20(3)17-21/h5,7-9,11-12,17,23-24,26,30,35,37H,1,6,14-16,18-19H2,2-4H3/t23-,24+,26+,30-,31-,32+/m0/s1. The van der Waals surface area contributed by atoms with Gasteiger partial charge in [-0.3, -0.25) is 9.69 Å². The molecule has 198 valence electrons. The number of hydrogen-bond acceptors (Lipinski definition) is 5. The average Bonchev–Trinajstić information content (AvgIpc) is 3.25. The fraction of sp³-hybridized carbons (Fsp3) is 0.469. The third kappa shape index (κ3) is 3.25. The maximum absolute atomic E-state index is 13.4. The van der Waals surface area contributed by atoms with Crippen molar-refractivity contribution in [3.63, 3.8) is 0 Å². The Bertz CT molecular complexity index is 1380. The van der Waals surface area contributed by atoms with Crippen molar-refractivity contribution in [2.45, 2.75) is 68.7 Å². The number of phenolic OH excluding ortho intramolecular Hbond substituents is 1. The normalized spacial score (nSPS) is 32.4. The lowest BCUT2D eigenvalue weighted by Gasteiger charge is -2.67. The lowest BCUT2D eigenvalue weighted by atomic mass is 9.45. The highest BCUT2D eigenvalue weighted by atomic mass is 16.5. The van der Waals surface area contributed by atoms with E-state index in [9.17, 15) is 15.0 Å². The van der Waals surface area contributed by atoms with Crippen molar-refractivity contribution in [3.05, 3.63) is 71.3 Å². The summed E-state index contributed by atoms with van der Waals surface area (Å²) in [6.07, 6.45) is 4.21. The molecule has 2 fully saturated rings. The first-order chi connectivity index (χ1) is 18.3. The number of likely N-dealkylation sites (N-methyl/N-ethyl adjacent to an activating group) is 1. The van der Waals surface area contributed by atoms with Gasteiger partial charge in [0, 0.05) is 36.7 Å². The zero-order valence-corrected chi connectivity index (χ0v) is 22.4. The van der Waals surface area contributed by atoms with Crippen LogP contribution in [0, 0.1) is 24.7 Å². The lowest BCUT2D eigenvalue weighted by molar-refractivity contribution is -0.226. The summed E-state index contributed by atoms with van der Waals surface area (Å²) in [5.74, 6) is 6.13. The minimum absolute atomic E-state index is 0.0496. The van der Waals surface area contributed by atoms with Gasteiger partial charge in [0.2, 0.25) is 0 Å². The molecule has 2 aromatic rings. The Labute approximate surface area is 224 Å². The summed E-state index contributed by atoms with van der Waals surface area (Å²) in [5, 5.41) is 23.8. The first-order valence-corrected chi connectivity index (χ1v) is 13.7. The summed E-state index contributed by atoms with van der Waals surface area (Å²) in [4.78, 5) is 17.5. The summed E-state index contributed by atoms with van der Waals surface area (Å²) in [6, 6.07) is 11.1. The summed E-state index contributed by atoms with van der Waals surface area (Å²) in [7, 11) is 1.80. The molecule has 0 unspecified atom stereocenters. The predicted octanol–water partition coefficient (Wildman–Crippen LogP) is 3.56. The van der Waals surface area contributed by atoms with Gasteiger partial charge in [-0.1, -0.05) is 43.5 Å². The number of carbonyl (C=O) groups is 1. The molecule has 0 aromatic heterocycles. The van der Waals surface area contributed by atoms with Crippen LogP contribution < -0.4 is 4.74 Å².